The highest BCUT2D eigenvalue weighted by atomic mass is 16.7. The smallest absolute Gasteiger partial charge is 0.274 e. The first kappa shape index (κ1) is 10.1. The van der Waals surface area contributed by atoms with Crippen molar-refractivity contribution in [2.24, 2.45) is 0 Å². The Hall–Kier alpha value is -1.42. The second-order valence-electron chi connectivity index (χ2n) is 3.77. The fourth-order valence-corrected chi connectivity index (χ4v) is 1.48. The number of hydrogen-bond acceptors (Lipinski definition) is 3. The maximum absolute atomic E-state index is 11.7. The molecule has 2 rings (SSSR count). The SMILES string of the molecule is CON(C)C(=O)c1cncc(C2CC2)c1. The Morgan fingerprint density at radius 1 is 1.53 bits per heavy atom. The summed E-state index contributed by atoms with van der Waals surface area (Å²) in [4.78, 5) is 20.7. The van der Waals surface area contributed by atoms with Gasteiger partial charge in [-0.15, -0.1) is 0 Å². The molecular weight excluding hydrogens is 192 g/mol. The summed E-state index contributed by atoms with van der Waals surface area (Å²) in [6.07, 6.45) is 5.82. The highest BCUT2D eigenvalue weighted by Crippen LogP contribution is 2.39. The summed E-state index contributed by atoms with van der Waals surface area (Å²) in [5.41, 5.74) is 1.74. The van der Waals surface area contributed by atoms with Crippen molar-refractivity contribution in [1.29, 1.82) is 0 Å². The van der Waals surface area contributed by atoms with Crippen molar-refractivity contribution >= 4 is 5.91 Å². The molecule has 0 N–H and O–H groups in total. The number of hydroxylamine groups is 2. The van der Waals surface area contributed by atoms with E-state index in [1.165, 1.54) is 25.0 Å². The fraction of sp³-hybridized carbons (Fsp3) is 0.455. The van der Waals surface area contributed by atoms with Crippen molar-refractivity contribution in [1.82, 2.24) is 10.0 Å². The average Bonchev–Trinajstić information content (AvgIpc) is 3.11. The van der Waals surface area contributed by atoms with Crippen molar-refractivity contribution in [2.45, 2.75) is 18.8 Å². The molecule has 1 aromatic rings. The largest absolute Gasteiger partial charge is 0.278 e. The lowest BCUT2D eigenvalue weighted by atomic mass is 10.1. The summed E-state index contributed by atoms with van der Waals surface area (Å²) in [6, 6.07) is 1.91. The molecule has 0 bridgehead atoms. The Balaban J connectivity index is 2.20. The zero-order valence-electron chi connectivity index (χ0n) is 8.93. The molecular formula is C11H14N2O2. The Morgan fingerprint density at radius 3 is 2.87 bits per heavy atom. The van der Waals surface area contributed by atoms with Crippen LogP contribution < -0.4 is 0 Å². The molecule has 1 aliphatic rings. The third-order valence-corrected chi connectivity index (χ3v) is 2.61. The van der Waals surface area contributed by atoms with E-state index in [4.69, 9.17) is 4.84 Å². The maximum atomic E-state index is 11.7. The van der Waals surface area contributed by atoms with Gasteiger partial charge in [-0.2, -0.15) is 0 Å². The van der Waals surface area contributed by atoms with Gasteiger partial charge in [0.05, 0.1) is 12.7 Å². The number of amides is 1. The molecule has 0 unspecified atom stereocenters. The summed E-state index contributed by atoms with van der Waals surface area (Å²) in [7, 11) is 3.06. The van der Waals surface area contributed by atoms with Crippen LogP contribution in [-0.4, -0.2) is 30.1 Å². The third kappa shape index (κ3) is 2.15. The van der Waals surface area contributed by atoms with Crippen molar-refractivity contribution in [2.75, 3.05) is 14.2 Å². The van der Waals surface area contributed by atoms with E-state index in [0.29, 0.717) is 11.5 Å². The van der Waals surface area contributed by atoms with Crippen molar-refractivity contribution in [3.8, 4) is 0 Å². The van der Waals surface area contributed by atoms with Gasteiger partial charge in [-0.1, -0.05) is 0 Å². The Morgan fingerprint density at radius 2 is 2.27 bits per heavy atom. The van der Waals surface area contributed by atoms with Crippen LogP contribution >= 0.6 is 0 Å². The van der Waals surface area contributed by atoms with Gasteiger partial charge in [0, 0.05) is 19.4 Å². The van der Waals surface area contributed by atoms with Crippen molar-refractivity contribution in [3.05, 3.63) is 29.6 Å². The molecule has 0 radical (unpaired) electrons. The minimum Gasteiger partial charge on any atom is -0.274 e. The van der Waals surface area contributed by atoms with Crippen LogP contribution in [0.3, 0.4) is 0 Å². The zero-order chi connectivity index (χ0) is 10.8. The van der Waals surface area contributed by atoms with Gasteiger partial charge >= 0.3 is 0 Å². The number of pyridine rings is 1. The van der Waals surface area contributed by atoms with Gasteiger partial charge in [0.1, 0.15) is 0 Å². The Kier molecular flexibility index (Phi) is 2.68. The van der Waals surface area contributed by atoms with E-state index in [2.05, 4.69) is 4.98 Å². The molecule has 15 heavy (non-hydrogen) atoms. The molecule has 0 aromatic carbocycles. The lowest BCUT2D eigenvalue weighted by molar-refractivity contribution is -0.0757. The highest BCUT2D eigenvalue weighted by molar-refractivity contribution is 5.93. The van der Waals surface area contributed by atoms with Crippen LogP contribution in [-0.2, 0) is 4.84 Å². The van der Waals surface area contributed by atoms with E-state index in [1.54, 1.807) is 13.2 Å². The van der Waals surface area contributed by atoms with Crippen molar-refractivity contribution < 1.29 is 9.63 Å². The Bertz CT molecular complexity index is 375. The molecule has 4 nitrogen and oxygen atoms in total. The molecule has 80 valence electrons. The number of carbonyl (C=O) groups excluding carboxylic acids is 1. The van der Waals surface area contributed by atoms with Gasteiger partial charge in [-0.05, 0) is 30.4 Å². The van der Waals surface area contributed by atoms with Gasteiger partial charge in [0.15, 0.2) is 0 Å². The van der Waals surface area contributed by atoms with E-state index in [9.17, 15) is 4.79 Å². The van der Waals surface area contributed by atoms with Crippen LogP contribution in [0.15, 0.2) is 18.5 Å². The van der Waals surface area contributed by atoms with Gasteiger partial charge in [0.2, 0.25) is 0 Å². The first-order valence-corrected chi connectivity index (χ1v) is 4.99. The lowest BCUT2D eigenvalue weighted by Crippen LogP contribution is -2.25. The zero-order valence-corrected chi connectivity index (χ0v) is 8.93. The van der Waals surface area contributed by atoms with E-state index >= 15 is 0 Å². The van der Waals surface area contributed by atoms with E-state index < -0.39 is 0 Å². The summed E-state index contributed by atoms with van der Waals surface area (Å²) < 4.78 is 0. The minimum absolute atomic E-state index is 0.160. The highest BCUT2D eigenvalue weighted by Gasteiger charge is 2.24. The second-order valence-corrected chi connectivity index (χ2v) is 3.77. The fourth-order valence-electron chi connectivity index (χ4n) is 1.48. The number of rotatable bonds is 3. The normalized spacial score (nSPS) is 15.1. The van der Waals surface area contributed by atoms with E-state index in [1.807, 2.05) is 12.3 Å². The van der Waals surface area contributed by atoms with E-state index in [0.717, 1.165) is 5.56 Å². The number of hydrogen-bond donors (Lipinski definition) is 0. The molecule has 1 aliphatic carbocycles. The van der Waals surface area contributed by atoms with Crippen LogP contribution in [0.5, 0.6) is 0 Å². The quantitative estimate of drug-likeness (QED) is 0.705. The summed E-state index contributed by atoms with van der Waals surface area (Å²) in [6.45, 7) is 0. The molecule has 1 fully saturated rings. The van der Waals surface area contributed by atoms with Crippen LogP contribution in [0.2, 0.25) is 0 Å². The third-order valence-electron chi connectivity index (χ3n) is 2.61. The first-order valence-electron chi connectivity index (χ1n) is 4.99. The van der Waals surface area contributed by atoms with Crippen LogP contribution in [0.1, 0.15) is 34.7 Å². The molecule has 0 spiro atoms. The minimum atomic E-state index is -0.160. The van der Waals surface area contributed by atoms with Crippen LogP contribution in [0.4, 0.5) is 0 Å². The monoisotopic (exact) mass is 206 g/mol. The second kappa shape index (κ2) is 3.98. The molecule has 0 aliphatic heterocycles. The van der Waals surface area contributed by atoms with Gasteiger partial charge < -0.3 is 0 Å². The van der Waals surface area contributed by atoms with Gasteiger partial charge in [-0.25, -0.2) is 5.06 Å². The van der Waals surface area contributed by atoms with Gasteiger partial charge in [-0.3, -0.25) is 14.6 Å². The number of carbonyl (C=O) groups is 1. The molecule has 1 heterocycles. The molecule has 1 amide bonds. The van der Waals surface area contributed by atoms with E-state index in [-0.39, 0.29) is 5.91 Å². The molecule has 1 saturated carbocycles. The summed E-state index contributed by atoms with van der Waals surface area (Å²) in [5.74, 6) is 0.450. The first-order chi connectivity index (χ1) is 7.22. The number of aromatic nitrogens is 1. The van der Waals surface area contributed by atoms with Gasteiger partial charge in [0.25, 0.3) is 5.91 Å². The van der Waals surface area contributed by atoms with Crippen LogP contribution in [0.25, 0.3) is 0 Å². The average molecular weight is 206 g/mol. The predicted molar refractivity (Wildman–Crippen MR) is 55.3 cm³/mol. The molecule has 1 aromatic heterocycles. The predicted octanol–water partition coefficient (Wildman–Crippen LogP) is 1.59. The summed E-state index contributed by atoms with van der Waals surface area (Å²) >= 11 is 0. The standard InChI is InChI=1S/C11H14N2O2/c1-13(15-2)11(14)10-5-9(6-12-7-10)8-3-4-8/h5-8H,3-4H2,1-2H3. The molecule has 4 heteroatoms. The maximum Gasteiger partial charge on any atom is 0.278 e. The van der Waals surface area contributed by atoms with Crippen LogP contribution in [0, 0.1) is 0 Å². The molecule has 0 atom stereocenters. The number of nitrogens with zero attached hydrogens (tertiary/aromatic N) is 2. The topological polar surface area (TPSA) is 42.4 Å². The van der Waals surface area contributed by atoms with Crippen molar-refractivity contribution in [3.63, 3.8) is 0 Å². The summed E-state index contributed by atoms with van der Waals surface area (Å²) in [5, 5.41) is 1.20. The molecule has 0 saturated heterocycles. The Labute approximate surface area is 88.8 Å². The lowest BCUT2D eigenvalue weighted by Gasteiger charge is -2.13.